The van der Waals surface area contributed by atoms with Crippen LogP contribution in [0.3, 0.4) is 0 Å². The minimum Gasteiger partial charge on any atom is -0.508 e. The molecule has 2 aromatic rings. The first-order chi connectivity index (χ1) is 10.1. The van der Waals surface area contributed by atoms with E-state index < -0.39 is 5.97 Å². The molecule has 110 valence electrons. The van der Waals surface area contributed by atoms with Gasteiger partial charge in [-0.1, -0.05) is 18.2 Å². The molecular formula is C16H16O5. The smallest absolute Gasteiger partial charge is 0.342 e. The van der Waals surface area contributed by atoms with Crippen LogP contribution in [0.4, 0.5) is 0 Å². The lowest BCUT2D eigenvalue weighted by Gasteiger charge is -2.11. The summed E-state index contributed by atoms with van der Waals surface area (Å²) in [5, 5.41) is 18.8. The zero-order chi connectivity index (χ0) is 15.2. The van der Waals surface area contributed by atoms with E-state index in [1.807, 2.05) is 19.1 Å². The van der Waals surface area contributed by atoms with Crippen molar-refractivity contribution in [2.75, 3.05) is 6.61 Å². The SMILES string of the molecule is CCOc1ccccc1COC(=O)c1ccc(O)cc1O. The van der Waals surface area contributed by atoms with Crippen LogP contribution < -0.4 is 4.74 Å². The van der Waals surface area contributed by atoms with Gasteiger partial charge in [-0.3, -0.25) is 0 Å². The number of benzene rings is 2. The Kier molecular flexibility index (Phi) is 4.66. The van der Waals surface area contributed by atoms with Crippen LogP contribution in [-0.4, -0.2) is 22.8 Å². The molecular weight excluding hydrogens is 272 g/mol. The molecule has 2 aromatic carbocycles. The minimum atomic E-state index is -0.668. The first-order valence-electron chi connectivity index (χ1n) is 6.51. The highest BCUT2D eigenvalue weighted by molar-refractivity contribution is 5.92. The molecule has 0 bridgehead atoms. The maximum Gasteiger partial charge on any atom is 0.342 e. The van der Waals surface area contributed by atoms with E-state index in [0.29, 0.717) is 12.4 Å². The Morgan fingerprint density at radius 1 is 1.14 bits per heavy atom. The number of esters is 1. The summed E-state index contributed by atoms with van der Waals surface area (Å²) in [7, 11) is 0. The zero-order valence-electron chi connectivity index (χ0n) is 11.6. The summed E-state index contributed by atoms with van der Waals surface area (Å²) in [4.78, 5) is 11.9. The Morgan fingerprint density at radius 2 is 1.90 bits per heavy atom. The van der Waals surface area contributed by atoms with E-state index in [2.05, 4.69) is 0 Å². The van der Waals surface area contributed by atoms with Crippen LogP contribution in [0.25, 0.3) is 0 Å². The summed E-state index contributed by atoms with van der Waals surface area (Å²) in [6.45, 7) is 2.43. The molecule has 0 aliphatic carbocycles. The van der Waals surface area contributed by atoms with Gasteiger partial charge < -0.3 is 19.7 Å². The number of carbonyl (C=O) groups excluding carboxylic acids is 1. The quantitative estimate of drug-likeness (QED) is 0.827. The number of para-hydroxylation sites is 1. The molecule has 2 rings (SSSR count). The average molecular weight is 288 g/mol. The van der Waals surface area contributed by atoms with Crippen molar-refractivity contribution in [3.8, 4) is 17.2 Å². The fraction of sp³-hybridized carbons (Fsp3) is 0.188. The maximum absolute atomic E-state index is 11.9. The van der Waals surface area contributed by atoms with Gasteiger partial charge in [-0.15, -0.1) is 0 Å². The normalized spacial score (nSPS) is 10.1. The highest BCUT2D eigenvalue weighted by Gasteiger charge is 2.14. The average Bonchev–Trinajstić information content (AvgIpc) is 2.46. The van der Waals surface area contributed by atoms with Gasteiger partial charge in [-0.2, -0.15) is 0 Å². The number of rotatable bonds is 5. The topological polar surface area (TPSA) is 76.0 Å². The first-order valence-corrected chi connectivity index (χ1v) is 6.51. The Hall–Kier alpha value is -2.69. The molecule has 0 heterocycles. The molecule has 5 nitrogen and oxygen atoms in total. The Balaban J connectivity index is 2.07. The second-order valence-corrected chi connectivity index (χ2v) is 4.32. The van der Waals surface area contributed by atoms with E-state index in [9.17, 15) is 15.0 Å². The van der Waals surface area contributed by atoms with E-state index >= 15 is 0 Å². The third-order valence-electron chi connectivity index (χ3n) is 2.83. The Labute approximate surface area is 122 Å². The molecule has 0 aliphatic heterocycles. The molecule has 0 amide bonds. The summed E-state index contributed by atoms with van der Waals surface area (Å²) in [5.74, 6) is -0.453. The monoisotopic (exact) mass is 288 g/mol. The third-order valence-corrected chi connectivity index (χ3v) is 2.83. The van der Waals surface area contributed by atoms with Crippen molar-refractivity contribution in [1.29, 1.82) is 0 Å². The predicted molar refractivity (Wildman–Crippen MR) is 76.5 cm³/mol. The number of hydrogen-bond acceptors (Lipinski definition) is 5. The first kappa shape index (κ1) is 14.7. The van der Waals surface area contributed by atoms with Gasteiger partial charge in [0.05, 0.1) is 6.61 Å². The van der Waals surface area contributed by atoms with Gasteiger partial charge >= 0.3 is 5.97 Å². The summed E-state index contributed by atoms with van der Waals surface area (Å²) >= 11 is 0. The number of phenolic OH excluding ortho intramolecular Hbond substituents is 2. The Bertz CT molecular complexity index is 636. The molecule has 0 unspecified atom stereocenters. The molecule has 21 heavy (non-hydrogen) atoms. The molecule has 5 heteroatoms. The summed E-state index contributed by atoms with van der Waals surface area (Å²) < 4.78 is 10.6. The van der Waals surface area contributed by atoms with Crippen LogP contribution in [-0.2, 0) is 11.3 Å². The van der Waals surface area contributed by atoms with E-state index in [4.69, 9.17) is 9.47 Å². The van der Waals surface area contributed by atoms with Crippen molar-refractivity contribution >= 4 is 5.97 Å². The van der Waals surface area contributed by atoms with Gasteiger partial charge in [0.2, 0.25) is 0 Å². The van der Waals surface area contributed by atoms with Crippen molar-refractivity contribution < 1.29 is 24.5 Å². The van der Waals surface area contributed by atoms with Crippen LogP contribution in [0.1, 0.15) is 22.8 Å². The van der Waals surface area contributed by atoms with Crippen LogP contribution in [0, 0.1) is 0 Å². The largest absolute Gasteiger partial charge is 0.508 e. The summed E-state index contributed by atoms with van der Waals surface area (Å²) in [6, 6.07) is 11.0. The van der Waals surface area contributed by atoms with Crippen molar-refractivity contribution in [3.05, 3.63) is 53.6 Å². The lowest BCUT2D eigenvalue weighted by atomic mass is 10.2. The van der Waals surface area contributed by atoms with Gasteiger partial charge in [0.1, 0.15) is 29.4 Å². The molecule has 0 fully saturated rings. The second kappa shape index (κ2) is 6.65. The number of hydrogen-bond donors (Lipinski definition) is 2. The molecule has 0 saturated heterocycles. The van der Waals surface area contributed by atoms with Gasteiger partial charge in [-0.25, -0.2) is 4.79 Å². The van der Waals surface area contributed by atoms with Gasteiger partial charge in [0, 0.05) is 11.6 Å². The molecule has 0 spiro atoms. The molecule has 2 N–H and O–H groups in total. The van der Waals surface area contributed by atoms with E-state index in [1.165, 1.54) is 12.1 Å². The lowest BCUT2D eigenvalue weighted by Crippen LogP contribution is -2.06. The number of ether oxygens (including phenoxy) is 2. The predicted octanol–water partition coefficient (Wildman–Crippen LogP) is 2.85. The number of phenols is 2. The molecule has 0 radical (unpaired) electrons. The van der Waals surface area contributed by atoms with Gasteiger partial charge in [0.25, 0.3) is 0 Å². The Morgan fingerprint density at radius 3 is 2.62 bits per heavy atom. The van der Waals surface area contributed by atoms with Crippen LogP contribution in [0.5, 0.6) is 17.2 Å². The minimum absolute atomic E-state index is 0.00157. The van der Waals surface area contributed by atoms with Crippen molar-refractivity contribution in [1.82, 2.24) is 0 Å². The van der Waals surface area contributed by atoms with Gasteiger partial charge in [0.15, 0.2) is 0 Å². The fourth-order valence-corrected chi connectivity index (χ4v) is 1.83. The molecule has 0 aliphatic rings. The van der Waals surface area contributed by atoms with Crippen LogP contribution in [0.2, 0.25) is 0 Å². The molecule has 0 aromatic heterocycles. The molecule has 0 saturated carbocycles. The van der Waals surface area contributed by atoms with Crippen LogP contribution in [0.15, 0.2) is 42.5 Å². The summed E-state index contributed by atoms with van der Waals surface area (Å²) in [6.07, 6.45) is 0. The number of carbonyl (C=O) groups is 1. The van der Waals surface area contributed by atoms with Gasteiger partial charge in [-0.05, 0) is 25.1 Å². The number of aromatic hydroxyl groups is 2. The lowest BCUT2D eigenvalue weighted by molar-refractivity contribution is 0.0466. The fourth-order valence-electron chi connectivity index (χ4n) is 1.83. The van der Waals surface area contributed by atoms with Crippen molar-refractivity contribution in [3.63, 3.8) is 0 Å². The maximum atomic E-state index is 11.9. The van der Waals surface area contributed by atoms with Crippen molar-refractivity contribution in [2.45, 2.75) is 13.5 Å². The van der Waals surface area contributed by atoms with Crippen LogP contribution >= 0.6 is 0 Å². The molecule has 0 atom stereocenters. The zero-order valence-corrected chi connectivity index (χ0v) is 11.6. The second-order valence-electron chi connectivity index (χ2n) is 4.32. The highest BCUT2D eigenvalue weighted by Crippen LogP contribution is 2.24. The highest BCUT2D eigenvalue weighted by atomic mass is 16.5. The summed E-state index contributed by atoms with van der Waals surface area (Å²) in [5.41, 5.74) is 0.743. The third kappa shape index (κ3) is 3.66. The van der Waals surface area contributed by atoms with Crippen molar-refractivity contribution in [2.24, 2.45) is 0 Å². The van der Waals surface area contributed by atoms with E-state index in [-0.39, 0.29) is 23.7 Å². The standard InChI is InChI=1S/C16H16O5/c1-2-20-15-6-4-3-5-11(15)10-21-16(19)13-8-7-12(17)9-14(13)18/h3-9,17-18H,2,10H2,1H3. The van der Waals surface area contributed by atoms with E-state index in [0.717, 1.165) is 11.6 Å². The van der Waals surface area contributed by atoms with E-state index in [1.54, 1.807) is 12.1 Å².